The first kappa shape index (κ1) is 19.7. The number of hydrogen-bond donors (Lipinski definition) is 2. The van der Waals surface area contributed by atoms with Gasteiger partial charge in [-0.1, -0.05) is 25.1 Å². The SMILES string of the molecule is CCc1oc2ccccc2c1/C=C/C(=O)Nc1ccc(OC)c(S(N)(=O)=O)c1. The van der Waals surface area contributed by atoms with Gasteiger partial charge in [0.25, 0.3) is 0 Å². The highest BCUT2D eigenvalue weighted by Gasteiger charge is 2.16. The Morgan fingerprint density at radius 2 is 2.00 bits per heavy atom. The molecule has 3 aromatic rings. The lowest BCUT2D eigenvalue weighted by Gasteiger charge is -2.09. The van der Waals surface area contributed by atoms with Crippen molar-refractivity contribution in [2.75, 3.05) is 12.4 Å². The molecule has 0 saturated carbocycles. The highest BCUT2D eigenvalue weighted by molar-refractivity contribution is 7.89. The second kappa shape index (κ2) is 7.87. The molecule has 0 saturated heterocycles. The number of carbonyl (C=O) groups is 1. The zero-order valence-electron chi connectivity index (χ0n) is 15.4. The molecule has 1 heterocycles. The number of ether oxygens (including phenoxy) is 1. The maximum absolute atomic E-state index is 12.3. The third kappa shape index (κ3) is 4.08. The van der Waals surface area contributed by atoms with E-state index in [-0.39, 0.29) is 16.3 Å². The zero-order chi connectivity index (χ0) is 20.3. The first-order valence-electron chi connectivity index (χ1n) is 8.53. The Hall–Kier alpha value is -3.10. The van der Waals surface area contributed by atoms with Gasteiger partial charge in [0.05, 0.1) is 7.11 Å². The van der Waals surface area contributed by atoms with E-state index in [2.05, 4.69) is 5.32 Å². The molecule has 0 atom stereocenters. The maximum atomic E-state index is 12.3. The Bertz CT molecular complexity index is 1160. The largest absolute Gasteiger partial charge is 0.495 e. The van der Waals surface area contributed by atoms with Crippen LogP contribution < -0.4 is 15.2 Å². The normalized spacial score (nSPS) is 11.8. The van der Waals surface area contributed by atoms with E-state index in [0.717, 1.165) is 22.3 Å². The predicted molar refractivity (Wildman–Crippen MR) is 108 cm³/mol. The molecule has 0 aliphatic carbocycles. The van der Waals surface area contributed by atoms with E-state index >= 15 is 0 Å². The van der Waals surface area contributed by atoms with Crippen LogP contribution >= 0.6 is 0 Å². The van der Waals surface area contributed by atoms with E-state index in [1.54, 1.807) is 6.08 Å². The van der Waals surface area contributed by atoms with E-state index < -0.39 is 15.9 Å². The van der Waals surface area contributed by atoms with E-state index in [0.29, 0.717) is 6.42 Å². The summed E-state index contributed by atoms with van der Waals surface area (Å²) < 4.78 is 34.2. The van der Waals surface area contributed by atoms with Crippen LogP contribution in [0.15, 0.2) is 57.9 Å². The summed E-state index contributed by atoms with van der Waals surface area (Å²) in [6, 6.07) is 11.8. The third-order valence-electron chi connectivity index (χ3n) is 4.17. The number of nitrogens with two attached hydrogens (primary N) is 1. The minimum absolute atomic E-state index is 0.105. The summed E-state index contributed by atoms with van der Waals surface area (Å²) in [5.41, 5.74) is 1.88. The third-order valence-corrected chi connectivity index (χ3v) is 5.10. The number of primary sulfonamides is 1. The van der Waals surface area contributed by atoms with E-state index in [9.17, 15) is 13.2 Å². The lowest BCUT2D eigenvalue weighted by molar-refractivity contribution is -0.111. The molecule has 0 fully saturated rings. The molecular weight excluding hydrogens is 380 g/mol. The van der Waals surface area contributed by atoms with Gasteiger partial charge in [0.1, 0.15) is 22.0 Å². The van der Waals surface area contributed by atoms with Crippen molar-refractivity contribution >= 4 is 38.7 Å². The average molecular weight is 400 g/mol. The molecule has 0 bridgehead atoms. The number of fused-ring (bicyclic) bond motifs is 1. The van der Waals surface area contributed by atoms with Gasteiger partial charge < -0.3 is 14.5 Å². The first-order valence-corrected chi connectivity index (χ1v) is 10.1. The molecule has 0 unspecified atom stereocenters. The molecule has 28 heavy (non-hydrogen) atoms. The molecule has 1 amide bonds. The van der Waals surface area contributed by atoms with Crippen LogP contribution in [0.1, 0.15) is 18.2 Å². The lowest BCUT2D eigenvalue weighted by atomic mass is 10.1. The molecule has 146 valence electrons. The number of hydrogen-bond acceptors (Lipinski definition) is 5. The number of aryl methyl sites for hydroxylation is 1. The van der Waals surface area contributed by atoms with Crippen LogP contribution in [0.4, 0.5) is 5.69 Å². The number of rotatable bonds is 6. The van der Waals surface area contributed by atoms with Gasteiger partial charge in [0.15, 0.2) is 0 Å². The fraction of sp³-hybridized carbons (Fsp3) is 0.150. The van der Waals surface area contributed by atoms with Crippen molar-refractivity contribution in [1.29, 1.82) is 0 Å². The second-order valence-corrected chi connectivity index (χ2v) is 7.55. The van der Waals surface area contributed by atoms with E-state index in [1.165, 1.54) is 31.4 Å². The van der Waals surface area contributed by atoms with Gasteiger partial charge >= 0.3 is 0 Å². The number of furan rings is 1. The summed E-state index contributed by atoms with van der Waals surface area (Å²) in [6.07, 6.45) is 3.74. The van der Waals surface area contributed by atoms with Crippen molar-refractivity contribution in [3.63, 3.8) is 0 Å². The van der Waals surface area contributed by atoms with Crippen molar-refractivity contribution < 1.29 is 22.4 Å². The second-order valence-electron chi connectivity index (χ2n) is 6.02. The molecule has 0 radical (unpaired) electrons. The first-order chi connectivity index (χ1) is 13.3. The topological polar surface area (TPSA) is 112 Å². The van der Waals surface area contributed by atoms with Gasteiger partial charge in [-0.05, 0) is 30.3 Å². The maximum Gasteiger partial charge on any atom is 0.248 e. The smallest absolute Gasteiger partial charge is 0.248 e. The van der Waals surface area contributed by atoms with Crippen LogP contribution in [0, 0.1) is 0 Å². The van der Waals surface area contributed by atoms with Crippen LogP contribution in [-0.2, 0) is 21.2 Å². The van der Waals surface area contributed by atoms with Crippen LogP contribution in [-0.4, -0.2) is 21.4 Å². The Labute approximate surface area is 162 Å². The fourth-order valence-electron chi connectivity index (χ4n) is 2.88. The Balaban J connectivity index is 1.85. The standard InChI is InChI=1S/C20H20N2O5S/c1-3-16-15(14-6-4-5-7-17(14)27-16)9-11-20(23)22-13-8-10-18(26-2)19(12-13)28(21,24)25/h4-12H,3H2,1-2H3,(H,22,23)(H2,21,24,25)/b11-9+. The van der Waals surface area contributed by atoms with Crippen molar-refractivity contribution in [2.24, 2.45) is 5.14 Å². The van der Waals surface area contributed by atoms with Crippen LogP contribution in [0.25, 0.3) is 17.0 Å². The number of para-hydroxylation sites is 1. The summed E-state index contributed by atoms with van der Waals surface area (Å²) in [5, 5.41) is 8.74. The minimum atomic E-state index is -3.99. The molecule has 8 heteroatoms. The van der Waals surface area contributed by atoms with Gasteiger partial charge in [-0.2, -0.15) is 0 Å². The summed E-state index contributed by atoms with van der Waals surface area (Å²) in [5.74, 6) is 0.470. The quantitative estimate of drug-likeness (QED) is 0.617. The Morgan fingerprint density at radius 1 is 1.25 bits per heavy atom. The number of methoxy groups -OCH3 is 1. The highest BCUT2D eigenvalue weighted by atomic mass is 32.2. The van der Waals surface area contributed by atoms with Gasteiger partial charge in [0.2, 0.25) is 15.9 Å². The fourth-order valence-corrected chi connectivity index (χ4v) is 3.60. The van der Waals surface area contributed by atoms with E-state index in [4.69, 9.17) is 14.3 Å². The monoisotopic (exact) mass is 400 g/mol. The molecule has 7 nitrogen and oxygen atoms in total. The number of nitrogens with one attached hydrogen (secondary N) is 1. The molecule has 0 spiro atoms. The van der Waals surface area contributed by atoms with Crippen molar-refractivity contribution in [3.8, 4) is 5.75 Å². The van der Waals surface area contributed by atoms with Gasteiger partial charge in [-0.3, -0.25) is 4.79 Å². The minimum Gasteiger partial charge on any atom is -0.495 e. The van der Waals surface area contributed by atoms with Gasteiger partial charge in [-0.25, -0.2) is 13.6 Å². The molecule has 0 aliphatic heterocycles. The molecule has 1 aromatic heterocycles. The van der Waals surface area contributed by atoms with Crippen LogP contribution in [0.3, 0.4) is 0 Å². The summed E-state index contributed by atoms with van der Waals surface area (Å²) >= 11 is 0. The zero-order valence-corrected chi connectivity index (χ0v) is 16.2. The lowest BCUT2D eigenvalue weighted by Crippen LogP contribution is -2.15. The molecule has 0 aliphatic rings. The molecular formula is C20H20N2O5S. The van der Waals surface area contributed by atoms with Crippen LogP contribution in [0.5, 0.6) is 5.75 Å². The average Bonchev–Trinajstić information content (AvgIpc) is 3.03. The highest BCUT2D eigenvalue weighted by Crippen LogP contribution is 2.28. The van der Waals surface area contributed by atoms with Crippen LogP contribution in [0.2, 0.25) is 0 Å². The molecule has 3 rings (SSSR count). The summed E-state index contributed by atoms with van der Waals surface area (Å²) in [4.78, 5) is 12.1. The summed E-state index contributed by atoms with van der Waals surface area (Å²) in [6.45, 7) is 1.97. The number of anilines is 1. The van der Waals surface area contributed by atoms with Gasteiger partial charge in [-0.15, -0.1) is 0 Å². The van der Waals surface area contributed by atoms with E-state index in [1.807, 2.05) is 31.2 Å². The summed E-state index contributed by atoms with van der Waals surface area (Å²) in [7, 11) is -2.65. The number of amides is 1. The number of benzene rings is 2. The Morgan fingerprint density at radius 3 is 2.68 bits per heavy atom. The Kier molecular flexibility index (Phi) is 5.53. The van der Waals surface area contributed by atoms with Gasteiger partial charge in [0, 0.05) is 29.1 Å². The number of carbonyl (C=O) groups excluding carboxylic acids is 1. The predicted octanol–water partition coefficient (Wildman–Crippen LogP) is 3.30. The van der Waals surface area contributed by atoms with Crippen molar-refractivity contribution in [2.45, 2.75) is 18.2 Å². The van der Waals surface area contributed by atoms with Crippen molar-refractivity contribution in [1.82, 2.24) is 0 Å². The van der Waals surface area contributed by atoms with Crippen molar-refractivity contribution in [3.05, 3.63) is 59.9 Å². The molecule has 2 aromatic carbocycles. The molecule has 3 N–H and O–H groups in total. The number of sulfonamides is 1.